The van der Waals surface area contributed by atoms with E-state index in [4.69, 9.17) is 4.74 Å². The summed E-state index contributed by atoms with van der Waals surface area (Å²) in [5, 5.41) is 8.53. The molecule has 0 aliphatic rings. The Bertz CT molecular complexity index is 907. The molecular formula is C24H28N2O2S. The van der Waals surface area contributed by atoms with Crippen LogP contribution in [-0.4, -0.2) is 19.1 Å². The first-order valence-electron chi connectivity index (χ1n) is 9.94. The van der Waals surface area contributed by atoms with Crippen LogP contribution >= 0.6 is 11.3 Å². The summed E-state index contributed by atoms with van der Waals surface area (Å²) in [5.41, 5.74) is 3.16. The van der Waals surface area contributed by atoms with Crippen LogP contribution in [0.2, 0.25) is 0 Å². The van der Waals surface area contributed by atoms with Crippen LogP contribution in [0.3, 0.4) is 0 Å². The molecule has 3 rings (SSSR count). The summed E-state index contributed by atoms with van der Waals surface area (Å²) < 4.78 is 5.33. The van der Waals surface area contributed by atoms with E-state index in [0.717, 1.165) is 18.4 Å². The van der Waals surface area contributed by atoms with Crippen LogP contribution in [0.4, 0.5) is 5.69 Å². The molecule has 1 aromatic heterocycles. The van der Waals surface area contributed by atoms with Gasteiger partial charge in [-0.1, -0.05) is 55.8 Å². The van der Waals surface area contributed by atoms with E-state index in [9.17, 15) is 4.79 Å². The maximum absolute atomic E-state index is 12.8. The number of methoxy groups -OCH3 is 1. The lowest BCUT2D eigenvalue weighted by molar-refractivity contribution is -0.117. The quantitative estimate of drug-likeness (QED) is 0.497. The van der Waals surface area contributed by atoms with Crippen molar-refractivity contribution in [1.29, 1.82) is 0 Å². The highest BCUT2D eigenvalue weighted by Gasteiger charge is 2.22. The Morgan fingerprint density at radius 2 is 1.83 bits per heavy atom. The summed E-state index contributed by atoms with van der Waals surface area (Å²) in [5.74, 6) is 0.549. The zero-order valence-electron chi connectivity index (χ0n) is 17.1. The molecule has 152 valence electrons. The zero-order chi connectivity index (χ0) is 20.6. The smallest absolute Gasteiger partial charge is 0.241 e. The maximum Gasteiger partial charge on any atom is 0.241 e. The van der Waals surface area contributed by atoms with Gasteiger partial charge in [0.05, 0.1) is 24.9 Å². The highest BCUT2D eigenvalue weighted by Crippen LogP contribution is 2.28. The number of amides is 1. The standard InChI is InChI=1S/C24H28N2O2S/c1-4-8-18-12-14-19(15-13-18)23(22-11-7-16-29-22)25-17(2)24(27)26-20-9-5-6-10-21(20)28-3/h5-7,9-17,23,25H,4,8H2,1-3H3,(H,26,27)/t17-,23-/m1/s1. The van der Waals surface area contributed by atoms with E-state index in [2.05, 4.69) is 53.3 Å². The van der Waals surface area contributed by atoms with E-state index >= 15 is 0 Å². The van der Waals surface area contributed by atoms with Gasteiger partial charge in [-0.2, -0.15) is 0 Å². The minimum absolute atomic E-state index is 0.0379. The molecule has 0 bridgehead atoms. The molecule has 2 atom stereocenters. The number of carbonyl (C=O) groups is 1. The molecule has 2 aromatic carbocycles. The van der Waals surface area contributed by atoms with Gasteiger partial charge in [0.25, 0.3) is 0 Å². The van der Waals surface area contributed by atoms with Crippen LogP contribution in [0.5, 0.6) is 5.75 Å². The van der Waals surface area contributed by atoms with Crippen molar-refractivity contribution in [2.45, 2.75) is 38.8 Å². The van der Waals surface area contributed by atoms with Crippen LogP contribution in [0.1, 0.15) is 42.3 Å². The van der Waals surface area contributed by atoms with E-state index in [1.54, 1.807) is 18.4 Å². The largest absolute Gasteiger partial charge is 0.495 e. The fraction of sp³-hybridized carbons (Fsp3) is 0.292. The number of anilines is 1. The molecule has 1 heterocycles. The molecule has 4 nitrogen and oxygen atoms in total. The van der Waals surface area contributed by atoms with E-state index in [1.807, 2.05) is 37.3 Å². The third-order valence-corrected chi connectivity index (χ3v) is 5.79. The first-order chi connectivity index (χ1) is 14.1. The number of benzene rings is 2. The second kappa shape index (κ2) is 10.2. The topological polar surface area (TPSA) is 50.4 Å². The summed E-state index contributed by atoms with van der Waals surface area (Å²) in [6.07, 6.45) is 2.21. The van der Waals surface area contributed by atoms with E-state index < -0.39 is 0 Å². The third kappa shape index (κ3) is 5.46. The van der Waals surface area contributed by atoms with Crippen molar-refractivity contribution in [3.8, 4) is 5.75 Å². The van der Waals surface area contributed by atoms with Crippen molar-refractivity contribution in [3.05, 3.63) is 82.0 Å². The summed E-state index contributed by atoms with van der Waals surface area (Å²) in [4.78, 5) is 14.0. The number of ether oxygens (including phenoxy) is 1. The summed E-state index contributed by atoms with van der Waals surface area (Å²) >= 11 is 1.69. The van der Waals surface area contributed by atoms with Crippen LogP contribution in [-0.2, 0) is 11.2 Å². The van der Waals surface area contributed by atoms with Crippen molar-refractivity contribution < 1.29 is 9.53 Å². The minimum atomic E-state index is -0.387. The molecule has 0 aliphatic heterocycles. The molecule has 0 unspecified atom stereocenters. The summed E-state index contributed by atoms with van der Waals surface area (Å²) in [7, 11) is 1.60. The van der Waals surface area contributed by atoms with Gasteiger partial charge in [0.15, 0.2) is 0 Å². The number of hydrogen-bond donors (Lipinski definition) is 2. The highest BCUT2D eigenvalue weighted by atomic mass is 32.1. The minimum Gasteiger partial charge on any atom is -0.495 e. The fourth-order valence-electron chi connectivity index (χ4n) is 3.28. The van der Waals surface area contributed by atoms with Gasteiger partial charge in [-0.05, 0) is 48.1 Å². The Kier molecular flexibility index (Phi) is 7.44. The molecule has 0 aliphatic carbocycles. The lowest BCUT2D eigenvalue weighted by Gasteiger charge is -2.23. The summed E-state index contributed by atoms with van der Waals surface area (Å²) in [6, 6.07) is 19.8. The molecular weight excluding hydrogens is 380 g/mol. The van der Waals surface area contributed by atoms with Crippen LogP contribution in [0.15, 0.2) is 66.0 Å². The van der Waals surface area contributed by atoms with Crippen LogP contribution in [0, 0.1) is 0 Å². The number of rotatable bonds is 9. The predicted octanol–water partition coefficient (Wildman–Crippen LogP) is 5.42. The third-order valence-electron chi connectivity index (χ3n) is 4.85. The number of nitrogens with one attached hydrogen (secondary N) is 2. The SMILES string of the molecule is CCCc1ccc([C@@H](N[C@H](C)C(=O)Nc2ccccc2OC)c2cccs2)cc1. The van der Waals surface area contributed by atoms with Gasteiger partial charge in [0, 0.05) is 4.88 Å². The van der Waals surface area contributed by atoms with Gasteiger partial charge in [-0.15, -0.1) is 11.3 Å². The molecule has 0 saturated heterocycles. The maximum atomic E-state index is 12.8. The van der Waals surface area contributed by atoms with E-state index in [0.29, 0.717) is 11.4 Å². The van der Waals surface area contributed by atoms with Gasteiger partial charge >= 0.3 is 0 Å². The van der Waals surface area contributed by atoms with Crippen LogP contribution < -0.4 is 15.4 Å². The van der Waals surface area contributed by atoms with Crippen molar-refractivity contribution >= 4 is 22.9 Å². The molecule has 5 heteroatoms. The Morgan fingerprint density at radius 3 is 2.48 bits per heavy atom. The Morgan fingerprint density at radius 1 is 1.07 bits per heavy atom. The number of para-hydroxylation sites is 2. The Balaban J connectivity index is 1.76. The first kappa shape index (κ1) is 21.1. The Labute approximate surface area is 176 Å². The molecule has 0 spiro atoms. The fourth-order valence-corrected chi connectivity index (χ4v) is 4.09. The molecule has 0 radical (unpaired) electrons. The highest BCUT2D eigenvalue weighted by molar-refractivity contribution is 7.10. The van der Waals surface area contributed by atoms with Crippen molar-refractivity contribution in [3.63, 3.8) is 0 Å². The zero-order valence-corrected chi connectivity index (χ0v) is 18.0. The van der Waals surface area contributed by atoms with Gasteiger partial charge in [0.2, 0.25) is 5.91 Å². The number of carbonyl (C=O) groups excluding carboxylic acids is 1. The van der Waals surface area contributed by atoms with Gasteiger partial charge < -0.3 is 10.1 Å². The molecule has 2 N–H and O–H groups in total. The lowest BCUT2D eigenvalue weighted by atomic mass is 10.0. The van der Waals surface area contributed by atoms with Gasteiger partial charge in [-0.3, -0.25) is 10.1 Å². The monoisotopic (exact) mass is 408 g/mol. The van der Waals surface area contributed by atoms with E-state index in [-0.39, 0.29) is 18.0 Å². The van der Waals surface area contributed by atoms with E-state index in [1.165, 1.54) is 10.4 Å². The molecule has 0 fully saturated rings. The number of aryl methyl sites for hydroxylation is 1. The Hall–Kier alpha value is -2.63. The second-order valence-corrected chi connectivity index (χ2v) is 8.00. The molecule has 29 heavy (non-hydrogen) atoms. The number of hydrogen-bond acceptors (Lipinski definition) is 4. The normalized spacial score (nSPS) is 12.9. The molecule has 0 saturated carbocycles. The first-order valence-corrected chi connectivity index (χ1v) is 10.8. The van der Waals surface area contributed by atoms with Gasteiger partial charge in [0.1, 0.15) is 5.75 Å². The second-order valence-electron chi connectivity index (χ2n) is 7.02. The van der Waals surface area contributed by atoms with Gasteiger partial charge in [-0.25, -0.2) is 0 Å². The number of thiophene rings is 1. The van der Waals surface area contributed by atoms with Crippen LogP contribution in [0.25, 0.3) is 0 Å². The molecule has 3 aromatic rings. The average molecular weight is 409 g/mol. The molecule has 1 amide bonds. The summed E-state index contributed by atoms with van der Waals surface area (Å²) in [6.45, 7) is 4.07. The predicted molar refractivity (Wildman–Crippen MR) is 121 cm³/mol. The van der Waals surface area contributed by atoms with Crippen molar-refractivity contribution in [1.82, 2.24) is 5.32 Å². The lowest BCUT2D eigenvalue weighted by Crippen LogP contribution is -2.40. The average Bonchev–Trinajstić information content (AvgIpc) is 3.27. The van der Waals surface area contributed by atoms with Crippen molar-refractivity contribution in [2.75, 3.05) is 12.4 Å². The van der Waals surface area contributed by atoms with Crippen molar-refractivity contribution in [2.24, 2.45) is 0 Å².